The van der Waals surface area contributed by atoms with Crippen molar-refractivity contribution in [2.24, 2.45) is 4.99 Å². The number of nitrogens with one attached hydrogen (secondary N) is 1. The van der Waals surface area contributed by atoms with Crippen molar-refractivity contribution in [1.82, 2.24) is 10.2 Å². The molecule has 1 unspecified atom stereocenters. The maximum absolute atomic E-state index is 6.10. The molecule has 0 bridgehead atoms. The number of fused-ring (bicyclic) bond motifs is 1. The molecule has 0 aliphatic carbocycles. The Morgan fingerprint density at radius 3 is 2.76 bits per heavy atom. The number of benzene rings is 2. The zero-order valence-electron chi connectivity index (χ0n) is 17.5. The van der Waals surface area contributed by atoms with E-state index in [9.17, 15) is 0 Å². The predicted molar refractivity (Wildman–Crippen MR) is 119 cm³/mol. The van der Waals surface area contributed by atoms with E-state index in [-0.39, 0.29) is 0 Å². The summed E-state index contributed by atoms with van der Waals surface area (Å²) in [5.41, 5.74) is 1.38. The van der Waals surface area contributed by atoms with Crippen LogP contribution in [0.1, 0.15) is 31.2 Å². The Hall–Kier alpha value is -2.11. The highest BCUT2D eigenvalue weighted by molar-refractivity contribution is 5.85. The molecule has 2 fully saturated rings. The summed E-state index contributed by atoms with van der Waals surface area (Å²) in [6.45, 7) is 4.51. The van der Waals surface area contributed by atoms with Gasteiger partial charge in [0.15, 0.2) is 5.96 Å². The molecule has 4 rings (SSSR count). The second kappa shape index (κ2) is 10.1. The average Bonchev–Trinajstić information content (AvgIpc) is 3.30. The van der Waals surface area contributed by atoms with Crippen molar-refractivity contribution < 1.29 is 9.47 Å². The Kier molecular flexibility index (Phi) is 7.01. The van der Waals surface area contributed by atoms with E-state index in [0.29, 0.717) is 12.2 Å². The third-order valence-corrected chi connectivity index (χ3v) is 6.05. The van der Waals surface area contributed by atoms with Crippen LogP contribution in [-0.2, 0) is 15.9 Å². The van der Waals surface area contributed by atoms with Crippen LogP contribution in [0.2, 0.25) is 0 Å². The standard InChI is InChI=1S/C24H33N3O2/c1-25-24(26-14-11-20-8-4-7-19-6-2-3-10-23(19)20)27-15-12-21(13-16-27)29-18-22-9-5-17-28-22/h2-4,6-8,10,21-22H,5,9,11-18H2,1H3,(H,25,26). The second-order valence-corrected chi connectivity index (χ2v) is 8.02. The third kappa shape index (κ3) is 5.28. The zero-order valence-corrected chi connectivity index (χ0v) is 17.5. The molecule has 2 saturated heterocycles. The van der Waals surface area contributed by atoms with Crippen LogP contribution in [-0.4, -0.2) is 63.0 Å². The van der Waals surface area contributed by atoms with E-state index >= 15 is 0 Å². The Balaban J connectivity index is 1.22. The van der Waals surface area contributed by atoms with Gasteiger partial charge < -0.3 is 19.7 Å². The number of likely N-dealkylation sites (tertiary alicyclic amines) is 1. The third-order valence-electron chi connectivity index (χ3n) is 6.05. The molecule has 0 radical (unpaired) electrons. The minimum Gasteiger partial charge on any atom is -0.376 e. The summed E-state index contributed by atoms with van der Waals surface area (Å²) in [6.07, 6.45) is 6.08. The molecule has 2 aliphatic heterocycles. The molecule has 156 valence electrons. The first-order valence-electron chi connectivity index (χ1n) is 11.0. The van der Waals surface area contributed by atoms with E-state index in [0.717, 1.165) is 64.5 Å². The molecular formula is C24H33N3O2. The van der Waals surface area contributed by atoms with Crippen LogP contribution in [0, 0.1) is 0 Å². The van der Waals surface area contributed by atoms with Gasteiger partial charge in [0.25, 0.3) is 0 Å². The normalized spacial score (nSPS) is 21.1. The number of aliphatic imine (C=N–C) groups is 1. The lowest BCUT2D eigenvalue weighted by Gasteiger charge is -2.34. The van der Waals surface area contributed by atoms with E-state index in [4.69, 9.17) is 9.47 Å². The summed E-state index contributed by atoms with van der Waals surface area (Å²) in [7, 11) is 1.88. The maximum Gasteiger partial charge on any atom is 0.193 e. The van der Waals surface area contributed by atoms with Crippen LogP contribution in [0.15, 0.2) is 47.5 Å². The monoisotopic (exact) mass is 395 g/mol. The molecule has 0 saturated carbocycles. The molecule has 5 heteroatoms. The SMILES string of the molecule is CN=C(NCCc1cccc2ccccc12)N1CCC(OCC2CCCO2)CC1. The van der Waals surface area contributed by atoms with E-state index < -0.39 is 0 Å². The fraction of sp³-hybridized carbons (Fsp3) is 0.542. The number of rotatable bonds is 6. The van der Waals surface area contributed by atoms with E-state index in [2.05, 4.69) is 57.7 Å². The number of guanidine groups is 1. The Morgan fingerprint density at radius 2 is 1.97 bits per heavy atom. The van der Waals surface area contributed by atoms with Crippen LogP contribution in [0.3, 0.4) is 0 Å². The van der Waals surface area contributed by atoms with Crippen molar-refractivity contribution in [2.75, 3.05) is 39.9 Å². The first kappa shape index (κ1) is 20.2. The maximum atomic E-state index is 6.10. The van der Waals surface area contributed by atoms with Gasteiger partial charge in [-0.2, -0.15) is 0 Å². The van der Waals surface area contributed by atoms with Crippen molar-refractivity contribution in [3.05, 3.63) is 48.0 Å². The minimum absolute atomic E-state index is 0.316. The second-order valence-electron chi connectivity index (χ2n) is 8.02. The fourth-order valence-corrected chi connectivity index (χ4v) is 4.41. The topological polar surface area (TPSA) is 46.1 Å². The van der Waals surface area contributed by atoms with Gasteiger partial charge in [0.1, 0.15) is 0 Å². The van der Waals surface area contributed by atoms with Gasteiger partial charge in [0, 0.05) is 33.3 Å². The highest BCUT2D eigenvalue weighted by Crippen LogP contribution is 2.19. The van der Waals surface area contributed by atoms with Crippen LogP contribution >= 0.6 is 0 Å². The number of hydrogen-bond donors (Lipinski definition) is 1. The molecule has 0 spiro atoms. The van der Waals surface area contributed by atoms with Gasteiger partial charge >= 0.3 is 0 Å². The van der Waals surface area contributed by atoms with Gasteiger partial charge in [-0.25, -0.2) is 0 Å². The number of piperidine rings is 1. The molecule has 1 atom stereocenters. The summed E-state index contributed by atoms with van der Waals surface area (Å²) in [5.74, 6) is 1.00. The summed E-state index contributed by atoms with van der Waals surface area (Å²) in [4.78, 5) is 6.87. The summed E-state index contributed by atoms with van der Waals surface area (Å²) in [5, 5.41) is 6.21. The molecule has 1 N–H and O–H groups in total. The molecule has 2 aromatic carbocycles. The number of ether oxygens (including phenoxy) is 2. The van der Waals surface area contributed by atoms with Crippen LogP contribution < -0.4 is 5.32 Å². The highest BCUT2D eigenvalue weighted by Gasteiger charge is 2.24. The molecule has 2 aliphatic rings. The van der Waals surface area contributed by atoms with Gasteiger partial charge in [-0.15, -0.1) is 0 Å². The Labute approximate surface area is 174 Å². The van der Waals surface area contributed by atoms with Crippen LogP contribution in [0.5, 0.6) is 0 Å². The molecule has 5 nitrogen and oxygen atoms in total. The Bertz CT molecular complexity index is 803. The summed E-state index contributed by atoms with van der Waals surface area (Å²) in [6, 6.07) is 15.1. The van der Waals surface area contributed by atoms with Crippen molar-refractivity contribution in [3.8, 4) is 0 Å². The fourth-order valence-electron chi connectivity index (χ4n) is 4.41. The highest BCUT2D eigenvalue weighted by atomic mass is 16.5. The van der Waals surface area contributed by atoms with Crippen molar-refractivity contribution in [1.29, 1.82) is 0 Å². The smallest absolute Gasteiger partial charge is 0.193 e. The van der Waals surface area contributed by atoms with Gasteiger partial charge in [0.05, 0.1) is 18.8 Å². The van der Waals surface area contributed by atoms with Crippen LogP contribution in [0.25, 0.3) is 10.8 Å². The first-order chi connectivity index (χ1) is 14.3. The molecule has 2 aromatic rings. The molecule has 29 heavy (non-hydrogen) atoms. The largest absolute Gasteiger partial charge is 0.376 e. The van der Waals surface area contributed by atoms with Gasteiger partial charge in [-0.1, -0.05) is 42.5 Å². The molecule has 0 aromatic heterocycles. The first-order valence-corrected chi connectivity index (χ1v) is 11.0. The summed E-state index contributed by atoms with van der Waals surface area (Å²) < 4.78 is 11.8. The average molecular weight is 396 g/mol. The van der Waals surface area contributed by atoms with Gasteiger partial charge in [-0.3, -0.25) is 4.99 Å². The molecule has 0 amide bonds. The zero-order chi connectivity index (χ0) is 19.9. The van der Waals surface area contributed by atoms with Crippen LogP contribution in [0.4, 0.5) is 0 Å². The van der Waals surface area contributed by atoms with Gasteiger partial charge in [0.2, 0.25) is 0 Å². The van der Waals surface area contributed by atoms with E-state index in [1.807, 2.05) is 7.05 Å². The van der Waals surface area contributed by atoms with Crippen molar-refractivity contribution in [3.63, 3.8) is 0 Å². The minimum atomic E-state index is 0.316. The molecular weight excluding hydrogens is 362 g/mol. The lowest BCUT2D eigenvalue weighted by Crippen LogP contribution is -2.47. The number of nitrogens with zero attached hydrogens (tertiary/aromatic N) is 2. The van der Waals surface area contributed by atoms with Gasteiger partial charge in [-0.05, 0) is 48.4 Å². The Morgan fingerprint density at radius 1 is 1.14 bits per heavy atom. The van der Waals surface area contributed by atoms with E-state index in [1.165, 1.54) is 22.8 Å². The van der Waals surface area contributed by atoms with Crippen molar-refractivity contribution >= 4 is 16.7 Å². The van der Waals surface area contributed by atoms with E-state index in [1.54, 1.807) is 0 Å². The quantitative estimate of drug-likeness (QED) is 0.599. The lowest BCUT2D eigenvalue weighted by atomic mass is 10.0. The number of hydrogen-bond acceptors (Lipinski definition) is 3. The van der Waals surface area contributed by atoms with Crippen molar-refractivity contribution in [2.45, 2.75) is 44.3 Å². The lowest BCUT2D eigenvalue weighted by molar-refractivity contribution is -0.0367. The predicted octanol–water partition coefficient (Wildman–Crippen LogP) is 3.62. The molecule has 2 heterocycles. The summed E-state index contributed by atoms with van der Waals surface area (Å²) >= 11 is 0.